The van der Waals surface area contributed by atoms with Gasteiger partial charge in [-0.05, 0) is 25.0 Å². The second kappa shape index (κ2) is 8.90. The average molecular weight is 368 g/mol. The largest absolute Gasteiger partial charge is 0.493 e. The number of thioether (sulfide) groups is 1. The van der Waals surface area contributed by atoms with E-state index >= 15 is 0 Å². The topological polar surface area (TPSA) is 39.9 Å². The summed E-state index contributed by atoms with van der Waals surface area (Å²) in [6.07, 6.45) is 0. The van der Waals surface area contributed by atoms with Crippen LogP contribution in [0.5, 0.6) is 5.75 Å². The van der Waals surface area contributed by atoms with Gasteiger partial charge in [-0.2, -0.15) is 0 Å². The van der Waals surface area contributed by atoms with Gasteiger partial charge in [-0.25, -0.2) is 0 Å². The first-order chi connectivity index (χ1) is 12.6. The molecule has 0 fully saturated rings. The Kier molecular flexibility index (Phi) is 6.34. The Labute approximate surface area is 159 Å². The molecular weight excluding hydrogens is 342 g/mol. The number of aryl methyl sites for hydroxylation is 1. The first-order valence-corrected chi connectivity index (χ1v) is 9.93. The Morgan fingerprint density at radius 3 is 2.42 bits per heavy atom. The van der Waals surface area contributed by atoms with Crippen molar-refractivity contribution < 1.29 is 4.74 Å². The minimum atomic E-state index is 0.525. The van der Waals surface area contributed by atoms with E-state index in [1.807, 2.05) is 30.3 Å². The van der Waals surface area contributed by atoms with Crippen molar-refractivity contribution in [2.45, 2.75) is 32.5 Å². The molecule has 5 heteroatoms. The van der Waals surface area contributed by atoms with Gasteiger partial charge in [0.05, 0.1) is 6.61 Å². The third-order valence-corrected chi connectivity index (χ3v) is 4.83. The minimum absolute atomic E-state index is 0.525. The number of benzene rings is 2. The smallest absolute Gasteiger partial charge is 0.191 e. The van der Waals surface area contributed by atoms with Gasteiger partial charge in [0.1, 0.15) is 5.75 Å². The van der Waals surface area contributed by atoms with E-state index in [0.29, 0.717) is 12.5 Å². The van der Waals surface area contributed by atoms with Crippen LogP contribution >= 0.6 is 11.8 Å². The molecular formula is C21H25N3OS. The summed E-state index contributed by atoms with van der Waals surface area (Å²) < 4.78 is 8.04. The molecule has 1 aromatic heterocycles. The van der Waals surface area contributed by atoms with Gasteiger partial charge in [-0.15, -0.1) is 10.2 Å². The Morgan fingerprint density at radius 2 is 1.73 bits per heavy atom. The Hall–Kier alpha value is -2.27. The van der Waals surface area contributed by atoms with Gasteiger partial charge < -0.3 is 9.30 Å². The van der Waals surface area contributed by atoms with Crippen LogP contribution in [0.1, 0.15) is 19.4 Å². The SMILES string of the molecule is Cc1ccc(OCCSc2nnc(-c3ccccc3)n2CC(C)C)cc1. The van der Waals surface area contributed by atoms with Crippen molar-refractivity contribution in [1.29, 1.82) is 0 Å². The molecule has 0 aliphatic carbocycles. The molecule has 1 heterocycles. The molecule has 0 atom stereocenters. The molecule has 0 saturated carbocycles. The van der Waals surface area contributed by atoms with Gasteiger partial charge in [-0.3, -0.25) is 0 Å². The number of hydrogen-bond acceptors (Lipinski definition) is 4. The van der Waals surface area contributed by atoms with E-state index in [-0.39, 0.29) is 0 Å². The predicted octanol–water partition coefficient (Wildman–Crippen LogP) is 5.08. The predicted molar refractivity (Wildman–Crippen MR) is 108 cm³/mol. The lowest BCUT2D eigenvalue weighted by Crippen LogP contribution is -2.09. The zero-order valence-electron chi connectivity index (χ0n) is 15.6. The zero-order chi connectivity index (χ0) is 18.4. The highest BCUT2D eigenvalue weighted by molar-refractivity contribution is 7.99. The zero-order valence-corrected chi connectivity index (χ0v) is 16.4. The van der Waals surface area contributed by atoms with Crippen molar-refractivity contribution >= 4 is 11.8 Å². The lowest BCUT2D eigenvalue weighted by molar-refractivity contribution is 0.343. The highest BCUT2D eigenvalue weighted by Gasteiger charge is 2.15. The van der Waals surface area contributed by atoms with E-state index in [9.17, 15) is 0 Å². The summed E-state index contributed by atoms with van der Waals surface area (Å²) in [7, 11) is 0. The van der Waals surface area contributed by atoms with Crippen molar-refractivity contribution in [3.05, 3.63) is 60.2 Å². The summed E-state index contributed by atoms with van der Waals surface area (Å²) in [5, 5.41) is 9.81. The molecule has 0 N–H and O–H groups in total. The molecule has 3 rings (SSSR count). The third kappa shape index (κ3) is 4.88. The van der Waals surface area contributed by atoms with E-state index in [0.717, 1.165) is 34.6 Å². The summed E-state index contributed by atoms with van der Waals surface area (Å²) in [6, 6.07) is 18.4. The van der Waals surface area contributed by atoms with Crippen molar-refractivity contribution in [3.63, 3.8) is 0 Å². The number of nitrogens with zero attached hydrogens (tertiary/aromatic N) is 3. The molecule has 0 amide bonds. The molecule has 0 aliphatic rings. The first-order valence-electron chi connectivity index (χ1n) is 8.94. The number of rotatable bonds is 8. The quantitative estimate of drug-likeness (QED) is 0.411. The maximum absolute atomic E-state index is 5.82. The van der Waals surface area contributed by atoms with Crippen molar-refractivity contribution in [2.24, 2.45) is 5.92 Å². The van der Waals surface area contributed by atoms with Crippen LogP contribution in [0.25, 0.3) is 11.4 Å². The van der Waals surface area contributed by atoms with Gasteiger partial charge >= 0.3 is 0 Å². The van der Waals surface area contributed by atoms with E-state index in [1.165, 1.54) is 5.56 Å². The van der Waals surface area contributed by atoms with Crippen LogP contribution in [0.2, 0.25) is 0 Å². The fourth-order valence-corrected chi connectivity index (χ4v) is 3.42. The average Bonchev–Trinajstić information content (AvgIpc) is 3.03. The maximum Gasteiger partial charge on any atom is 0.191 e. The molecule has 0 unspecified atom stereocenters. The number of ether oxygens (including phenoxy) is 1. The third-order valence-electron chi connectivity index (χ3n) is 3.90. The fraction of sp³-hybridized carbons (Fsp3) is 0.333. The molecule has 0 aliphatic heterocycles. The van der Waals surface area contributed by atoms with Gasteiger partial charge in [0.25, 0.3) is 0 Å². The lowest BCUT2D eigenvalue weighted by Gasteiger charge is -2.12. The Bertz CT molecular complexity index is 813. The summed E-state index contributed by atoms with van der Waals surface area (Å²) in [5.41, 5.74) is 2.34. The second-order valence-electron chi connectivity index (χ2n) is 6.69. The van der Waals surface area contributed by atoms with Gasteiger partial charge in [-0.1, -0.05) is 73.6 Å². The molecule has 2 aromatic carbocycles. The van der Waals surface area contributed by atoms with E-state index in [4.69, 9.17) is 4.74 Å². The second-order valence-corrected chi connectivity index (χ2v) is 7.75. The molecule has 0 saturated heterocycles. The molecule has 0 bridgehead atoms. The highest BCUT2D eigenvalue weighted by Crippen LogP contribution is 2.25. The summed E-state index contributed by atoms with van der Waals surface area (Å²) >= 11 is 1.69. The van der Waals surface area contributed by atoms with Crippen molar-refractivity contribution in [3.8, 4) is 17.1 Å². The van der Waals surface area contributed by atoms with Crippen LogP contribution in [0.15, 0.2) is 59.8 Å². The van der Waals surface area contributed by atoms with Gasteiger partial charge in [0.2, 0.25) is 0 Å². The van der Waals surface area contributed by atoms with Gasteiger partial charge in [0.15, 0.2) is 11.0 Å². The van der Waals surface area contributed by atoms with Crippen LogP contribution in [-0.2, 0) is 6.54 Å². The standard InChI is InChI=1S/C21H25N3OS/c1-16(2)15-24-20(18-7-5-4-6-8-18)22-23-21(24)26-14-13-25-19-11-9-17(3)10-12-19/h4-12,16H,13-15H2,1-3H3. The van der Waals surface area contributed by atoms with E-state index in [1.54, 1.807) is 11.8 Å². The molecule has 4 nitrogen and oxygen atoms in total. The van der Waals surface area contributed by atoms with Crippen LogP contribution in [-0.4, -0.2) is 27.1 Å². The molecule has 136 valence electrons. The summed E-state index contributed by atoms with van der Waals surface area (Å²) in [5.74, 6) is 3.20. The first kappa shape index (κ1) is 18.5. The highest BCUT2D eigenvalue weighted by atomic mass is 32.2. The molecule has 0 radical (unpaired) electrons. The maximum atomic E-state index is 5.82. The monoisotopic (exact) mass is 367 g/mol. The lowest BCUT2D eigenvalue weighted by atomic mass is 10.2. The number of hydrogen-bond donors (Lipinski definition) is 0. The van der Waals surface area contributed by atoms with Crippen LogP contribution in [0.4, 0.5) is 0 Å². The van der Waals surface area contributed by atoms with Crippen LogP contribution in [0, 0.1) is 12.8 Å². The fourth-order valence-electron chi connectivity index (χ4n) is 2.65. The molecule has 26 heavy (non-hydrogen) atoms. The van der Waals surface area contributed by atoms with E-state index < -0.39 is 0 Å². The summed E-state index contributed by atoms with van der Waals surface area (Å²) in [4.78, 5) is 0. The summed E-state index contributed by atoms with van der Waals surface area (Å²) in [6.45, 7) is 8.04. The van der Waals surface area contributed by atoms with Crippen molar-refractivity contribution in [2.75, 3.05) is 12.4 Å². The Morgan fingerprint density at radius 1 is 1.00 bits per heavy atom. The minimum Gasteiger partial charge on any atom is -0.493 e. The molecule has 0 spiro atoms. The van der Waals surface area contributed by atoms with Crippen molar-refractivity contribution in [1.82, 2.24) is 14.8 Å². The van der Waals surface area contributed by atoms with Crippen LogP contribution < -0.4 is 4.74 Å². The molecule has 3 aromatic rings. The van der Waals surface area contributed by atoms with E-state index in [2.05, 4.69) is 59.8 Å². The Balaban J connectivity index is 1.65. The normalized spacial score (nSPS) is 11.1. The van der Waals surface area contributed by atoms with Crippen LogP contribution in [0.3, 0.4) is 0 Å². The number of aromatic nitrogens is 3. The van der Waals surface area contributed by atoms with Gasteiger partial charge in [0, 0.05) is 17.9 Å².